The molecule has 0 atom stereocenters. The van der Waals surface area contributed by atoms with Crippen molar-refractivity contribution in [3.8, 4) is 0 Å². The number of nitro groups is 1. The minimum atomic E-state index is -0.490. The Kier molecular flexibility index (Phi) is 3.92. The second-order valence-corrected chi connectivity index (χ2v) is 5.44. The Balaban J connectivity index is 2.20. The molecule has 0 radical (unpaired) electrons. The lowest BCUT2D eigenvalue weighted by molar-refractivity contribution is -0.384. The monoisotopic (exact) mass is 297 g/mol. The van der Waals surface area contributed by atoms with E-state index in [9.17, 15) is 10.1 Å². The van der Waals surface area contributed by atoms with Gasteiger partial charge in [-0.15, -0.1) is 11.3 Å². The summed E-state index contributed by atoms with van der Waals surface area (Å²) in [6.45, 7) is 2.36. The molecule has 1 heterocycles. The molecule has 5 nitrogen and oxygen atoms in total. The first-order valence-electron chi connectivity index (χ1n) is 5.49. The summed E-state index contributed by atoms with van der Waals surface area (Å²) in [6.07, 6.45) is 0. The van der Waals surface area contributed by atoms with E-state index in [0.717, 1.165) is 21.8 Å². The highest BCUT2D eigenvalue weighted by atomic mass is 35.5. The predicted octanol–water partition coefficient (Wildman–Crippen LogP) is 3.81. The Labute approximate surface area is 119 Å². The highest BCUT2D eigenvalue weighted by Gasteiger charge is 2.15. The Bertz CT molecular complexity index is 627. The highest BCUT2D eigenvalue weighted by Crippen LogP contribution is 2.31. The van der Waals surface area contributed by atoms with Crippen LogP contribution >= 0.6 is 22.9 Å². The van der Waals surface area contributed by atoms with Gasteiger partial charge >= 0.3 is 0 Å². The van der Waals surface area contributed by atoms with Gasteiger partial charge in [-0.2, -0.15) is 0 Å². The lowest BCUT2D eigenvalue weighted by atomic mass is 10.1. The Hall–Kier alpha value is -1.79. The molecule has 0 fully saturated rings. The number of hydrogen-bond donors (Lipinski definition) is 2. The summed E-state index contributed by atoms with van der Waals surface area (Å²) in [5.74, 6) is 0. The van der Waals surface area contributed by atoms with Gasteiger partial charge in [-0.1, -0.05) is 11.6 Å². The van der Waals surface area contributed by atoms with E-state index in [4.69, 9.17) is 17.3 Å². The van der Waals surface area contributed by atoms with Crippen molar-refractivity contribution in [3.63, 3.8) is 0 Å². The quantitative estimate of drug-likeness (QED) is 0.664. The number of nitrogens with zero attached hydrogens (tertiary/aromatic N) is 1. The molecule has 0 aliphatic rings. The van der Waals surface area contributed by atoms with Gasteiger partial charge in [-0.05, 0) is 30.0 Å². The summed E-state index contributed by atoms with van der Waals surface area (Å²) in [7, 11) is 0. The van der Waals surface area contributed by atoms with Crippen molar-refractivity contribution in [1.29, 1.82) is 0 Å². The molecule has 2 aromatic rings. The van der Waals surface area contributed by atoms with Gasteiger partial charge in [0.15, 0.2) is 0 Å². The minimum absolute atomic E-state index is 0.0830. The zero-order valence-electron chi connectivity index (χ0n) is 10.1. The van der Waals surface area contributed by atoms with Crippen LogP contribution in [0.25, 0.3) is 0 Å². The second kappa shape index (κ2) is 5.46. The molecule has 19 heavy (non-hydrogen) atoms. The standard InChI is InChI=1S/C12H12ClN3O2S/c1-7-4-11(16(17)18)8(13)5-10(7)15-6-12-9(14)2-3-19-12/h2-5,15H,6,14H2,1H3. The van der Waals surface area contributed by atoms with E-state index in [1.54, 1.807) is 24.3 Å². The lowest BCUT2D eigenvalue weighted by Gasteiger charge is -2.10. The van der Waals surface area contributed by atoms with E-state index < -0.39 is 4.92 Å². The zero-order chi connectivity index (χ0) is 14.0. The molecule has 0 unspecified atom stereocenters. The highest BCUT2D eigenvalue weighted by molar-refractivity contribution is 7.10. The molecule has 0 saturated carbocycles. The van der Waals surface area contributed by atoms with Crippen molar-refractivity contribution in [2.75, 3.05) is 11.1 Å². The van der Waals surface area contributed by atoms with Gasteiger partial charge in [0.2, 0.25) is 0 Å². The van der Waals surface area contributed by atoms with Gasteiger partial charge in [0.05, 0.1) is 11.5 Å². The largest absolute Gasteiger partial charge is 0.398 e. The van der Waals surface area contributed by atoms with Crippen LogP contribution in [-0.2, 0) is 6.54 Å². The van der Waals surface area contributed by atoms with E-state index in [2.05, 4.69) is 5.32 Å². The van der Waals surface area contributed by atoms with Crippen LogP contribution in [0, 0.1) is 17.0 Å². The molecular formula is C12H12ClN3O2S. The Morgan fingerprint density at radius 1 is 1.53 bits per heavy atom. The number of nitrogen functional groups attached to an aromatic ring is 1. The number of thiophene rings is 1. The number of aryl methyl sites for hydroxylation is 1. The fourth-order valence-electron chi connectivity index (χ4n) is 1.67. The average Bonchev–Trinajstić information content (AvgIpc) is 2.75. The molecular weight excluding hydrogens is 286 g/mol. The predicted molar refractivity (Wildman–Crippen MR) is 78.9 cm³/mol. The number of hydrogen-bond acceptors (Lipinski definition) is 5. The van der Waals surface area contributed by atoms with E-state index >= 15 is 0 Å². The van der Waals surface area contributed by atoms with Crippen molar-refractivity contribution in [1.82, 2.24) is 0 Å². The van der Waals surface area contributed by atoms with Gasteiger partial charge in [-0.25, -0.2) is 0 Å². The van der Waals surface area contributed by atoms with Gasteiger partial charge in [-0.3, -0.25) is 10.1 Å². The third-order valence-corrected chi connectivity index (χ3v) is 3.95. The van der Waals surface area contributed by atoms with Crippen LogP contribution in [0.5, 0.6) is 0 Å². The van der Waals surface area contributed by atoms with Crippen LogP contribution in [-0.4, -0.2) is 4.92 Å². The third kappa shape index (κ3) is 2.97. The number of nitro benzene ring substituents is 1. The van der Waals surface area contributed by atoms with Crippen LogP contribution in [0.1, 0.15) is 10.4 Å². The van der Waals surface area contributed by atoms with Gasteiger partial charge < -0.3 is 11.1 Å². The Morgan fingerprint density at radius 2 is 2.26 bits per heavy atom. The number of rotatable bonds is 4. The van der Waals surface area contributed by atoms with E-state index in [1.807, 2.05) is 11.4 Å². The smallest absolute Gasteiger partial charge is 0.288 e. The molecule has 1 aromatic carbocycles. The fraction of sp³-hybridized carbons (Fsp3) is 0.167. The molecule has 100 valence electrons. The van der Waals surface area contributed by atoms with Crippen molar-refractivity contribution < 1.29 is 4.92 Å². The molecule has 0 aliphatic heterocycles. The summed E-state index contributed by atoms with van der Waals surface area (Å²) in [5, 5.41) is 16.0. The topological polar surface area (TPSA) is 81.2 Å². The summed E-state index contributed by atoms with van der Waals surface area (Å²) in [4.78, 5) is 11.3. The maximum absolute atomic E-state index is 10.8. The molecule has 0 spiro atoms. The van der Waals surface area contributed by atoms with Crippen LogP contribution in [0.3, 0.4) is 0 Å². The number of halogens is 1. The van der Waals surface area contributed by atoms with Crippen molar-refractivity contribution in [2.45, 2.75) is 13.5 Å². The summed E-state index contributed by atoms with van der Waals surface area (Å²) in [6, 6.07) is 4.87. The van der Waals surface area contributed by atoms with Crippen molar-refractivity contribution >= 4 is 40.0 Å². The first-order chi connectivity index (χ1) is 8.99. The molecule has 0 saturated heterocycles. The summed E-state index contributed by atoms with van der Waals surface area (Å²) >= 11 is 7.44. The molecule has 1 aromatic heterocycles. The van der Waals surface area contributed by atoms with Crippen molar-refractivity contribution in [2.24, 2.45) is 0 Å². The Morgan fingerprint density at radius 3 is 2.84 bits per heavy atom. The number of anilines is 2. The molecule has 7 heteroatoms. The normalized spacial score (nSPS) is 10.4. The number of benzene rings is 1. The molecule has 3 N–H and O–H groups in total. The average molecular weight is 298 g/mol. The van der Waals surface area contributed by atoms with Gasteiger partial charge in [0.1, 0.15) is 5.02 Å². The van der Waals surface area contributed by atoms with Crippen molar-refractivity contribution in [3.05, 3.63) is 49.2 Å². The minimum Gasteiger partial charge on any atom is -0.398 e. The van der Waals surface area contributed by atoms with E-state index in [0.29, 0.717) is 6.54 Å². The maximum Gasteiger partial charge on any atom is 0.288 e. The number of nitrogens with one attached hydrogen (secondary N) is 1. The molecule has 0 amide bonds. The SMILES string of the molecule is Cc1cc([N+](=O)[O-])c(Cl)cc1NCc1sccc1N. The second-order valence-electron chi connectivity index (χ2n) is 4.03. The van der Waals surface area contributed by atoms with Crippen LogP contribution < -0.4 is 11.1 Å². The molecule has 0 bridgehead atoms. The van der Waals surface area contributed by atoms with Gasteiger partial charge in [0, 0.05) is 22.3 Å². The summed E-state index contributed by atoms with van der Waals surface area (Å²) in [5.41, 5.74) is 7.98. The third-order valence-electron chi connectivity index (χ3n) is 2.71. The van der Waals surface area contributed by atoms with E-state index in [1.165, 1.54) is 6.07 Å². The summed E-state index contributed by atoms with van der Waals surface area (Å²) < 4.78 is 0. The first kappa shape index (κ1) is 13.6. The van der Waals surface area contributed by atoms with Crippen LogP contribution in [0.2, 0.25) is 5.02 Å². The van der Waals surface area contributed by atoms with E-state index in [-0.39, 0.29) is 10.7 Å². The maximum atomic E-state index is 10.8. The van der Waals surface area contributed by atoms with Crippen LogP contribution in [0.15, 0.2) is 23.6 Å². The number of nitrogens with two attached hydrogens (primary N) is 1. The van der Waals surface area contributed by atoms with Gasteiger partial charge in [0.25, 0.3) is 5.69 Å². The van der Waals surface area contributed by atoms with Crippen LogP contribution in [0.4, 0.5) is 17.1 Å². The lowest BCUT2D eigenvalue weighted by Crippen LogP contribution is -2.02. The fourth-order valence-corrected chi connectivity index (χ4v) is 2.64. The molecule has 2 rings (SSSR count). The molecule has 0 aliphatic carbocycles. The zero-order valence-corrected chi connectivity index (χ0v) is 11.7. The first-order valence-corrected chi connectivity index (χ1v) is 6.75.